The predicted molar refractivity (Wildman–Crippen MR) is 93.9 cm³/mol. The number of amides is 2. The molecule has 24 heavy (non-hydrogen) atoms. The molecule has 0 bridgehead atoms. The van der Waals surface area contributed by atoms with Crippen LogP contribution < -0.4 is 5.73 Å². The van der Waals surface area contributed by atoms with Crippen molar-refractivity contribution in [3.8, 4) is 0 Å². The summed E-state index contributed by atoms with van der Waals surface area (Å²) in [6, 6.07) is 7.42. The van der Waals surface area contributed by atoms with Crippen molar-refractivity contribution < 1.29 is 9.59 Å². The van der Waals surface area contributed by atoms with E-state index in [1.165, 1.54) is 0 Å². The minimum atomic E-state index is -0.00976. The highest BCUT2D eigenvalue weighted by molar-refractivity contribution is 6.33. The number of carbonyl (C=O) groups is 2. The third-order valence-electron chi connectivity index (χ3n) is 5.14. The summed E-state index contributed by atoms with van der Waals surface area (Å²) in [5.74, 6) is 0.570. The van der Waals surface area contributed by atoms with Crippen LogP contribution in [-0.4, -0.2) is 53.8 Å². The molecule has 2 atom stereocenters. The van der Waals surface area contributed by atoms with E-state index in [1.54, 1.807) is 12.1 Å². The molecule has 0 aliphatic carbocycles. The number of benzene rings is 1. The lowest BCUT2D eigenvalue weighted by atomic mass is 9.83. The van der Waals surface area contributed by atoms with E-state index in [0.717, 1.165) is 25.8 Å². The second-order valence-corrected chi connectivity index (χ2v) is 7.02. The molecule has 2 aliphatic heterocycles. The zero-order valence-corrected chi connectivity index (χ0v) is 14.5. The normalized spacial score (nSPS) is 24.0. The molecule has 130 valence electrons. The maximum Gasteiger partial charge on any atom is 0.255 e. The van der Waals surface area contributed by atoms with Crippen LogP contribution in [0.5, 0.6) is 0 Å². The minimum Gasteiger partial charge on any atom is -0.339 e. The fraction of sp³-hybridized carbons (Fsp3) is 0.556. The number of fused-ring (bicyclic) bond motifs is 1. The zero-order valence-electron chi connectivity index (χ0n) is 13.8. The Bertz CT molecular complexity index is 622. The van der Waals surface area contributed by atoms with E-state index >= 15 is 0 Å². The summed E-state index contributed by atoms with van der Waals surface area (Å²) in [6.07, 6.45) is 3.09. The summed E-state index contributed by atoms with van der Waals surface area (Å²) in [4.78, 5) is 28.9. The Hall–Kier alpha value is -1.59. The van der Waals surface area contributed by atoms with E-state index in [-0.39, 0.29) is 17.9 Å². The monoisotopic (exact) mass is 349 g/mol. The van der Waals surface area contributed by atoms with Crippen LogP contribution in [0.4, 0.5) is 0 Å². The summed E-state index contributed by atoms with van der Waals surface area (Å²) in [7, 11) is 0. The molecule has 3 rings (SSSR count). The Morgan fingerprint density at radius 1 is 1.29 bits per heavy atom. The maximum absolute atomic E-state index is 12.8. The number of halogens is 1. The summed E-state index contributed by atoms with van der Waals surface area (Å²) < 4.78 is 0. The number of rotatable bonds is 4. The highest BCUT2D eigenvalue weighted by atomic mass is 35.5. The molecule has 1 aromatic rings. The van der Waals surface area contributed by atoms with Crippen LogP contribution >= 0.6 is 11.6 Å². The third-order valence-corrected chi connectivity index (χ3v) is 5.47. The molecule has 5 nitrogen and oxygen atoms in total. The van der Waals surface area contributed by atoms with Crippen molar-refractivity contribution >= 4 is 23.4 Å². The number of piperidine rings is 2. The van der Waals surface area contributed by atoms with Gasteiger partial charge in [0.1, 0.15) is 0 Å². The van der Waals surface area contributed by atoms with Gasteiger partial charge >= 0.3 is 0 Å². The maximum atomic E-state index is 12.8. The first kappa shape index (κ1) is 17.2. The molecule has 0 spiro atoms. The molecule has 2 heterocycles. The predicted octanol–water partition coefficient (Wildman–Crippen LogP) is 2.14. The van der Waals surface area contributed by atoms with Crippen molar-refractivity contribution in [1.82, 2.24) is 9.80 Å². The van der Waals surface area contributed by atoms with Crippen LogP contribution in [0.1, 0.15) is 36.0 Å². The molecule has 2 aliphatic rings. The zero-order chi connectivity index (χ0) is 17.1. The smallest absolute Gasteiger partial charge is 0.255 e. The first-order chi connectivity index (χ1) is 11.6. The van der Waals surface area contributed by atoms with Gasteiger partial charge in [-0.3, -0.25) is 9.59 Å². The summed E-state index contributed by atoms with van der Waals surface area (Å²) in [6.45, 7) is 2.69. The molecule has 6 heteroatoms. The lowest BCUT2D eigenvalue weighted by Gasteiger charge is -2.47. The highest BCUT2D eigenvalue weighted by Gasteiger charge is 2.40. The molecule has 1 aromatic carbocycles. The van der Waals surface area contributed by atoms with Crippen LogP contribution in [-0.2, 0) is 4.79 Å². The summed E-state index contributed by atoms with van der Waals surface area (Å²) in [5.41, 5.74) is 6.16. The van der Waals surface area contributed by atoms with Gasteiger partial charge in [-0.25, -0.2) is 0 Å². The van der Waals surface area contributed by atoms with E-state index in [9.17, 15) is 9.59 Å². The SMILES string of the molecule is NCCCN1C(=O)CCC2CN(C(=O)c3ccccc3Cl)CCC21. The standard InChI is InChI=1S/C18H24ClN3O2/c19-15-5-2-1-4-14(15)18(24)21-11-8-16-13(12-21)6-7-17(23)22(16)10-3-9-20/h1-2,4-5,13,16H,3,6-12,20H2. The van der Waals surface area contributed by atoms with Gasteiger partial charge in [-0.2, -0.15) is 0 Å². The number of carbonyl (C=O) groups excluding carboxylic acids is 2. The molecule has 0 saturated carbocycles. The molecule has 2 saturated heterocycles. The lowest BCUT2D eigenvalue weighted by Crippen LogP contribution is -2.57. The second-order valence-electron chi connectivity index (χ2n) is 6.62. The third kappa shape index (κ3) is 3.42. The fourth-order valence-electron chi connectivity index (χ4n) is 3.89. The molecule has 2 unspecified atom stereocenters. The van der Waals surface area contributed by atoms with Crippen LogP contribution in [0.25, 0.3) is 0 Å². The summed E-state index contributed by atoms with van der Waals surface area (Å²) in [5, 5.41) is 0.494. The molecular weight excluding hydrogens is 326 g/mol. The highest BCUT2D eigenvalue weighted by Crippen LogP contribution is 2.32. The number of nitrogens with two attached hydrogens (primary N) is 1. The van der Waals surface area contributed by atoms with Gasteiger partial charge in [-0.15, -0.1) is 0 Å². The van der Waals surface area contributed by atoms with Crippen molar-refractivity contribution in [2.24, 2.45) is 11.7 Å². The van der Waals surface area contributed by atoms with Crippen molar-refractivity contribution in [2.75, 3.05) is 26.2 Å². The molecule has 2 amide bonds. The van der Waals surface area contributed by atoms with Gasteiger partial charge in [-0.05, 0) is 43.9 Å². The Labute approximate surface area is 147 Å². The quantitative estimate of drug-likeness (QED) is 0.905. The van der Waals surface area contributed by atoms with Crippen LogP contribution in [0, 0.1) is 5.92 Å². The van der Waals surface area contributed by atoms with Crippen LogP contribution in [0.2, 0.25) is 5.02 Å². The van der Waals surface area contributed by atoms with Crippen molar-refractivity contribution in [1.29, 1.82) is 0 Å². The second kappa shape index (κ2) is 7.53. The summed E-state index contributed by atoms with van der Waals surface area (Å²) >= 11 is 6.16. The van der Waals surface area contributed by atoms with Gasteiger partial charge in [0.2, 0.25) is 5.91 Å². The van der Waals surface area contributed by atoms with E-state index in [2.05, 4.69) is 0 Å². The average molecular weight is 350 g/mol. The van der Waals surface area contributed by atoms with Gasteiger partial charge in [0.25, 0.3) is 5.91 Å². The average Bonchev–Trinajstić information content (AvgIpc) is 2.60. The first-order valence-electron chi connectivity index (χ1n) is 8.65. The Balaban J connectivity index is 1.70. The van der Waals surface area contributed by atoms with E-state index in [0.29, 0.717) is 42.6 Å². The Morgan fingerprint density at radius 2 is 2.08 bits per heavy atom. The fourth-order valence-corrected chi connectivity index (χ4v) is 4.11. The topological polar surface area (TPSA) is 66.6 Å². The van der Waals surface area contributed by atoms with E-state index in [4.69, 9.17) is 17.3 Å². The minimum absolute atomic E-state index is 0.00976. The van der Waals surface area contributed by atoms with Crippen LogP contribution in [0.3, 0.4) is 0 Å². The van der Waals surface area contributed by atoms with Gasteiger partial charge in [0.05, 0.1) is 10.6 Å². The van der Waals surface area contributed by atoms with E-state index < -0.39 is 0 Å². The Kier molecular flexibility index (Phi) is 5.41. The molecule has 0 aromatic heterocycles. The largest absolute Gasteiger partial charge is 0.339 e. The number of hydrogen-bond donors (Lipinski definition) is 1. The number of likely N-dealkylation sites (tertiary alicyclic amines) is 2. The lowest BCUT2D eigenvalue weighted by molar-refractivity contribution is -0.140. The molecule has 2 N–H and O–H groups in total. The van der Waals surface area contributed by atoms with E-state index in [1.807, 2.05) is 21.9 Å². The van der Waals surface area contributed by atoms with Gasteiger partial charge in [0.15, 0.2) is 0 Å². The van der Waals surface area contributed by atoms with Crippen molar-refractivity contribution in [3.05, 3.63) is 34.9 Å². The van der Waals surface area contributed by atoms with Crippen LogP contribution in [0.15, 0.2) is 24.3 Å². The van der Waals surface area contributed by atoms with Gasteiger partial charge < -0.3 is 15.5 Å². The Morgan fingerprint density at radius 3 is 2.83 bits per heavy atom. The molecule has 2 fully saturated rings. The van der Waals surface area contributed by atoms with Gasteiger partial charge in [-0.1, -0.05) is 23.7 Å². The number of hydrogen-bond acceptors (Lipinski definition) is 3. The first-order valence-corrected chi connectivity index (χ1v) is 9.03. The van der Waals surface area contributed by atoms with Crippen molar-refractivity contribution in [3.63, 3.8) is 0 Å². The molecule has 0 radical (unpaired) electrons. The van der Waals surface area contributed by atoms with Gasteiger partial charge in [0, 0.05) is 32.1 Å². The van der Waals surface area contributed by atoms with Crippen molar-refractivity contribution in [2.45, 2.75) is 31.7 Å². The number of nitrogens with zero attached hydrogens (tertiary/aromatic N) is 2. The molecular formula is C18H24ClN3O2.